The molecule has 1 atom stereocenters. The molecule has 0 aliphatic carbocycles. The summed E-state index contributed by atoms with van der Waals surface area (Å²) in [7, 11) is 0. The van der Waals surface area contributed by atoms with Gasteiger partial charge in [-0.05, 0) is 30.3 Å². The molecule has 0 saturated heterocycles. The number of halogens is 2. The summed E-state index contributed by atoms with van der Waals surface area (Å²) in [4.78, 5) is 6.17. The van der Waals surface area contributed by atoms with E-state index >= 15 is 0 Å². The van der Waals surface area contributed by atoms with Crippen LogP contribution in [0.25, 0.3) is 16.8 Å². The SMILES string of the molecule is NC1N=C(c2c(-c3ccccc3)nn3ncccc23)C=CN1c1ccc(F)c(F)c1. The van der Waals surface area contributed by atoms with E-state index in [4.69, 9.17) is 5.73 Å². The lowest BCUT2D eigenvalue weighted by Gasteiger charge is -2.28. The Labute approximate surface area is 170 Å². The van der Waals surface area contributed by atoms with Crippen LogP contribution in [0, 0.1) is 11.6 Å². The lowest BCUT2D eigenvalue weighted by atomic mass is 10.0. The third-order valence-corrected chi connectivity index (χ3v) is 4.87. The molecule has 148 valence electrons. The molecular weight excluding hydrogens is 386 g/mol. The average Bonchev–Trinajstić information content (AvgIpc) is 3.16. The first kappa shape index (κ1) is 18.1. The van der Waals surface area contributed by atoms with E-state index in [1.54, 1.807) is 28.0 Å². The zero-order chi connectivity index (χ0) is 20.7. The van der Waals surface area contributed by atoms with Gasteiger partial charge in [-0.3, -0.25) is 5.73 Å². The summed E-state index contributed by atoms with van der Waals surface area (Å²) in [6, 6.07) is 17.1. The van der Waals surface area contributed by atoms with E-state index < -0.39 is 17.9 Å². The van der Waals surface area contributed by atoms with Crippen molar-refractivity contribution in [1.82, 2.24) is 14.8 Å². The summed E-state index contributed by atoms with van der Waals surface area (Å²) in [5.74, 6) is -1.85. The molecule has 4 aromatic rings. The molecule has 5 rings (SSSR count). The van der Waals surface area contributed by atoms with Gasteiger partial charge in [-0.2, -0.15) is 9.73 Å². The molecule has 1 unspecified atom stereocenters. The Balaban J connectivity index is 1.60. The van der Waals surface area contributed by atoms with Gasteiger partial charge in [0.1, 0.15) is 5.69 Å². The molecule has 0 radical (unpaired) electrons. The second-order valence-corrected chi connectivity index (χ2v) is 6.74. The molecule has 8 heteroatoms. The van der Waals surface area contributed by atoms with Crippen LogP contribution in [0.15, 0.2) is 84.1 Å². The number of hydrogen-bond acceptors (Lipinski definition) is 5. The summed E-state index contributed by atoms with van der Waals surface area (Å²) >= 11 is 0. The quantitative estimate of drug-likeness (QED) is 0.567. The van der Waals surface area contributed by atoms with E-state index in [9.17, 15) is 8.78 Å². The second-order valence-electron chi connectivity index (χ2n) is 6.74. The van der Waals surface area contributed by atoms with Gasteiger partial charge in [0.05, 0.1) is 16.8 Å². The maximum Gasteiger partial charge on any atom is 0.178 e. The van der Waals surface area contributed by atoms with Crippen molar-refractivity contribution in [2.45, 2.75) is 6.29 Å². The number of allylic oxidation sites excluding steroid dienone is 1. The topological polar surface area (TPSA) is 71.8 Å². The Morgan fingerprint density at radius 1 is 0.933 bits per heavy atom. The Bertz CT molecular complexity index is 1300. The molecule has 3 heterocycles. The fourth-order valence-electron chi connectivity index (χ4n) is 3.46. The van der Waals surface area contributed by atoms with Crippen LogP contribution in [0.1, 0.15) is 5.56 Å². The molecule has 0 saturated carbocycles. The number of aliphatic imine (C=N–C) groups is 1. The predicted molar refractivity (Wildman–Crippen MR) is 111 cm³/mol. The Hall–Kier alpha value is -3.91. The van der Waals surface area contributed by atoms with E-state index in [1.807, 2.05) is 42.5 Å². The highest BCUT2D eigenvalue weighted by molar-refractivity contribution is 6.17. The standard InChI is InChI=1S/C22H16F2N6/c23-16-9-8-15(13-17(16)24)29-12-10-18(27-22(29)25)20-19-7-4-11-26-30(19)28-21(20)14-5-2-1-3-6-14/h1-13,22H,25H2. The van der Waals surface area contributed by atoms with E-state index in [0.29, 0.717) is 11.4 Å². The minimum Gasteiger partial charge on any atom is -0.313 e. The molecule has 0 spiro atoms. The fraction of sp³-hybridized carbons (Fsp3) is 0.0455. The first-order chi connectivity index (χ1) is 14.6. The lowest BCUT2D eigenvalue weighted by Crippen LogP contribution is -2.40. The smallest absolute Gasteiger partial charge is 0.178 e. The van der Waals surface area contributed by atoms with Crippen molar-refractivity contribution in [2.75, 3.05) is 4.90 Å². The van der Waals surface area contributed by atoms with Crippen LogP contribution >= 0.6 is 0 Å². The van der Waals surface area contributed by atoms with Gasteiger partial charge in [0, 0.05) is 29.7 Å². The van der Waals surface area contributed by atoms with Crippen molar-refractivity contribution in [3.05, 3.63) is 96.3 Å². The van der Waals surface area contributed by atoms with Crippen LogP contribution in [0.3, 0.4) is 0 Å². The van der Waals surface area contributed by atoms with Crippen LogP contribution in [0.4, 0.5) is 14.5 Å². The summed E-state index contributed by atoms with van der Waals surface area (Å²) in [6.45, 7) is 0. The van der Waals surface area contributed by atoms with Crippen LogP contribution in [-0.4, -0.2) is 26.8 Å². The van der Waals surface area contributed by atoms with Crippen LogP contribution < -0.4 is 10.6 Å². The zero-order valence-electron chi connectivity index (χ0n) is 15.7. The first-order valence-electron chi connectivity index (χ1n) is 9.26. The number of hydrogen-bond donors (Lipinski definition) is 1. The van der Waals surface area contributed by atoms with E-state index in [2.05, 4.69) is 15.2 Å². The highest BCUT2D eigenvalue weighted by Gasteiger charge is 2.24. The molecule has 0 bridgehead atoms. The van der Waals surface area contributed by atoms with Gasteiger partial charge in [0.2, 0.25) is 0 Å². The highest BCUT2D eigenvalue weighted by Crippen LogP contribution is 2.29. The largest absolute Gasteiger partial charge is 0.313 e. The molecule has 30 heavy (non-hydrogen) atoms. The van der Waals surface area contributed by atoms with Gasteiger partial charge in [-0.15, -0.1) is 5.10 Å². The van der Waals surface area contributed by atoms with Gasteiger partial charge < -0.3 is 4.90 Å². The van der Waals surface area contributed by atoms with Crippen LogP contribution in [0.2, 0.25) is 0 Å². The van der Waals surface area contributed by atoms with E-state index in [-0.39, 0.29) is 0 Å². The summed E-state index contributed by atoms with van der Waals surface area (Å²) in [5.41, 5.74) is 10.5. The van der Waals surface area contributed by atoms with Gasteiger partial charge >= 0.3 is 0 Å². The third-order valence-electron chi connectivity index (χ3n) is 4.87. The molecule has 6 nitrogen and oxygen atoms in total. The molecule has 2 aromatic carbocycles. The normalized spacial score (nSPS) is 16.2. The summed E-state index contributed by atoms with van der Waals surface area (Å²) in [6.07, 6.45) is 4.33. The summed E-state index contributed by atoms with van der Waals surface area (Å²) < 4.78 is 28.5. The number of nitrogens with two attached hydrogens (primary N) is 1. The van der Waals surface area contributed by atoms with Crippen molar-refractivity contribution >= 4 is 16.9 Å². The zero-order valence-corrected chi connectivity index (χ0v) is 15.7. The third kappa shape index (κ3) is 3.03. The lowest BCUT2D eigenvalue weighted by molar-refractivity contribution is 0.508. The number of fused-ring (bicyclic) bond motifs is 1. The van der Waals surface area contributed by atoms with Crippen molar-refractivity contribution in [3.63, 3.8) is 0 Å². The van der Waals surface area contributed by atoms with Crippen molar-refractivity contribution in [1.29, 1.82) is 0 Å². The Morgan fingerprint density at radius 3 is 2.53 bits per heavy atom. The predicted octanol–water partition coefficient (Wildman–Crippen LogP) is 3.74. The number of aromatic nitrogens is 3. The molecule has 1 aliphatic heterocycles. The van der Waals surface area contributed by atoms with Gasteiger partial charge in [-0.1, -0.05) is 30.3 Å². The summed E-state index contributed by atoms with van der Waals surface area (Å²) in [5, 5.41) is 8.92. The maximum atomic E-state index is 13.7. The van der Waals surface area contributed by atoms with E-state index in [1.165, 1.54) is 6.07 Å². The van der Waals surface area contributed by atoms with Gasteiger partial charge in [0.15, 0.2) is 17.9 Å². The minimum absolute atomic E-state index is 0.408. The Morgan fingerprint density at radius 2 is 1.77 bits per heavy atom. The van der Waals surface area contributed by atoms with Gasteiger partial charge in [-0.25, -0.2) is 13.8 Å². The molecule has 1 aliphatic rings. The first-order valence-corrected chi connectivity index (χ1v) is 9.26. The van der Waals surface area contributed by atoms with E-state index in [0.717, 1.165) is 34.5 Å². The maximum absolute atomic E-state index is 13.7. The molecule has 0 fully saturated rings. The Kier molecular flexibility index (Phi) is 4.33. The fourth-order valence-corrected chi connectivity index (χ4v) is 3.46. The van der Waals surface area contributed by atoms with Crippen molar-refractivity contribution in [2.24, 2.45) is 10.7 Å². The molecular formula is C22H16F2N6. The van der Waals surface area contributed by atoms with Crippen molar-refractivity contribution < 1.29 is 8.78 Å². The monoisotopic (exact) mass is 402 g/mol. The number of benzene rings is 2. The minimum atomic E-state index is -0.942. The molecule has 2 aromatic heterocycles. The average molecular weight is 402 g/mol. The van der Waals surface area contributed by atoms with Crippen molar-refractivity contribution in [3.8, 4) is 11.3 Å². The highest BCUT2D eigenvalue weighted by atomic mass is 19.2. The number of nitrogens with zero attached hydrogens (tertiary/aromatic N) is 5. The molecule has 0 amide bonds. The van der Waals surface area contributed by atoms with Gasteiger partial charge in [0.25, 0.3) is 0 Å². The second kappa shape index (κ2) is 7.16. The number of anilines is 1. The number of rotatable bonds is 3. The molecule has 2 N–H and O–H groups in total. The van der Waals surface area contributed by atoms with Crippen LogP contribution in [-0.2, 0) is 0 Å². The van der Waals surface area contributed by atoms with Crippen LogP contribution in [0.5, 0.6) is 0 Å².